The van der Waals surface area contributed by atoms with E-state index in [1.807, 2.05) is 30.3 Å². The zero-order valence-corrected chi connectivity index (χ0v) is 20.1. The van der Waals surface area contributed by atoms with Crippen LogP contribution in [0.1, 0.15) is 15.9 Å². The lowest BCUT2D eigenvalue weighted by molar-refractivity contribution is -0.114. The molecule has 2 amide bonds. The number of anilines is 2. The molecule has 3 aromatic carbocycles. The number of sulfonamides is 1. The Morgan fingerprint density at radius 2 is 1.50 bits per heavy atom. The summed E-state index contributed by atoms with van der Waals surface area (Å²) in [6.45, 7) is 0.0147. The molecule has 0 aromatic heterocycles. The number of amides is 2. The van der Waals surface area contributed by atoms with Gasteiger partial charge in [0.15, 0.2) is 0 Å². The summed E-state index contributed by atoms with van der Waals surface area (Å²) in [5.41, 5.74) is 2.26. The van der Waals surface area contributed by atoms with Crippen molar-refractivity contribution in [3.63, 3.8) is 0 Å². The molecule has 0 radical (unpaired) electrons. The van der Waals surface area contributed by atoms with E-state index in [1.54, 1.807) is 38.4 Å². The topological polar surface area (TPSA) is 96.0 Å². The fraction of sp³-hybridized carbons (Fsp3) is 0.200. The molecule has 0 bridgehead atoms. The number of nitrogens with one attached hydrogen (secondary N) is 1. The molecule has 0 atom stereocenters. The fourth-order valence-corrected chi connectivity index (χ4v) is 3.99. The second-order valence-electron chi connectivity index (χ2n) is 7.86. The van der Waals surface area contributed by atoms with Crippen LogP contribution >= 0.6 is 0 Å². The van der Waals surface area contributed by atoms with Crippen molar-refractivity contribution in [3.05, 3.63) is 90.0 Å². The van der Waals surface area contributed by atoms with Crippen molar-refractivity contribution in [2.75, 3.05) is 36.5 Å². The predicted molar refractivity (Wildman–Crippen MR) is 132 cm³/mol. The Morgan fingerprint density at radius 1 is 0.882 bits per heavy atom. The van der Waals surface area contributed by atoms with Gasteiger partial charge in [-0.3, -0.25) is 13.9 Å². The number of ether oxygens (including phenoxy) is 1. The number of rotatable bonds is 9. The zero-order chi connectivity index (χ0) is 24.7. The molecule has 0 saturated carbocycles. The lowest BCUT2D eigenvalue weighted by Crippen LogP contribution is -2.37. The summed E-state index contributed by atoms with van der Waals surface area (Å²) in [5, 5.41) is 2.70. The third-order valence-corrected chi connectivity index (χ3v) is 6.02. The van der Waals surface area contributed by atoms with Crippen LogP contribution in [0.3, 0.4) is 0 Å². The van der Waals surface area contributed by atoms with Crippen molar-refractivity contribution in [2.45, 2.75) is 6.61 Å². The highest BCUT2D eigenvalue weighted by Crippen LogP contribution is 2.20. The van der Waals surface area contributed by atoms with E-state index in [4.69, 9.17) is 4.74 Å². The first kappa shape index (κ1) is 24.8. The lowest BCUT2D eigenvalue weighted by atomic mass is 10.2. The number of hydrogen-bond acceptors (Lipinski definition) is 5. The third-order valence-electron chi connectivity index (χ3n) is 4.88. The first-order valence-electron chi connectivity index (χ1n) is 10.5. The van der Waals surface area contributed by atoms with Crippen LogP contribution in [0, 0.1) is 0 Å². The van der Waals surface area contributed by atoms with Gasteiger partial charge in [-0.1, -0.05) is 30.3 Å². The van der Waals surface area contributed by atoms with E-state index in [0.717, 1.165) is 16.1 Å². The van der Waals surface area contributed by atoms with Gasteiger partial charge in [0.05, 0.1) is 11.9 Å². The fourth-order valence-electron chi connectivity index (χ4n) is 3.13. The molecule has 3 aromatic rings. The molecule has 0 aliphatic heterocycles. The minimum Gasteiger partial charge on any atom is -0.489 e. The monoisotopic (exact) mass is 481 g/mol. The maximum atomic E-state index is 12.6. The van der Waals surface area contributed by atoms with Gasteiger partial charge in [-0.05, 0) is 54.1 Å². The molecule has 34 heavy (non-hydrogen) atoms. The van der Waals surface area contributed by atoms with Crippen LogP contribution in [-0.4, -0.2) is 52.0 Å². The highest BCUT2D eigenvalue weighted by Gasteiger charge is 2.21. The molecule has 9 heteroatoms. The van der Waals surface area contributed by atoms with Gasteiger partial charge in [-0.15, -0.1) is 0 Å². The number of carbonyl (C=O) groups is 2. The van der Waals surface area contributed by atoms with Crippen LogP contribution in [0.15, 0.2) is 78.9 Å². The van der Waals surface area contributed by atoms with Crippen LogP contribution in [0.5, 0.6) is 5.75 Å². The van der Waals surface area contributed by atoms with E-state index in [1.165, 1.54) is 29.2 Å². The van der Waals surface area contributed by atoms with Crippen LogP contribution in [-0.2, 0) is 21.4 Å². The largest absolute Gasteiger partial charge is 0.489 e. The summed E-state index contributed by atoms with van der Waals surface area (Å²) in [5.74, 6) is -0.0600. The molecule has 0 heterocycles. The maximum absolute atomic E-state index is 12.6. The minimum absolute atomic E-state index is 0.202. The molecule has 3 rings (SSSR count). The summed E-state index contributed by atoms with van der Waals surface area (Å²) in [6, 6.07) is 22.6. The smallest absolute Gasteiger partial charge is 0.253 e. The van der Waals surface area contributed by atoms with Crippen molar-refractivity contribution in [1.82, 2.24) is 4.90 Å². The molecule has 178 valence electrons. The number of benzene rings is 3. The molecule has 0 aliphatic rings. The molecule has 0 fully saturated rings. The van der Waals surface area contributed by atoms with Crippen LogP contribution < -0.4 is 14.4 Å². The van der Waals surface area contributed by atoms with E-state index < -0.39 is 22.5 Å². The van der Waals surface area contributed by atoms with E-state index in [9.17, 15) is 18.0 Å². The summed E-state index contributed by atoms with van der Waals surface area (Å²) < 4.78 is 31.4. The minimum atomic E-state index is -3.74. The van der Waals surface area contributed by atoms with Gasteiger partial charge >= 0.3 is 0 Å². The van der Waals surface area contributed by atoms with Gasteiger partial charge in [-0.25, -0.2) is 8.42 Å². The Kier molecular flexibility index (Phi) is 7.91. The first-order chi connectivity index (χ1) is 16.1. The summed E-state index contributed by atoms with van der Waals surface area (Å²) in [4.78, 5) is 26.1. The molecular weight excluding hydrogens is 454 g/mol. The maximum Gasteiger partial charge on any atom is 0.253 e. The molecule has 1 N–H and O–H groups in total. The molecule has 0 spiro atoms. The predicted octanol–water partition coefficient (Wildman–Crippen LogP) is 3.37. The van der Waals surface area contributed by atoms with Crippen molar-refractivity contribution in [2.24, 2.45) is 0 Å². The second kappa shape index (κ2) is 10.8. The van der Waals surface area contributed by atoms with Crippen molar-refractivity contribution in [3.8, 4) is 5.75 Å². The van der Waals surface area contributed by atoms with Gasteiger partial charge < -0.3 is 15.0 Å². The van der Waals surface area contributed by atoms with Gasteiger partial charge in [0.2, 0.25) is 15.9 Å². The Bertz CT molecular complexity index is 1230. The Hall–Kier alpha value is -3.85. The SMILES string of the molecule is CN(C)C(=O)c1ccc(N(CC(=O)Nc2ccc(OCc3ccccc3)cc2)S(C)(=O)=O)cc1. The average molecular weight is 482 g/mol. The quantitative estimate of drug-likeness (QED) is 0.506. The summed E-state index contributed by atoms with van der Waals surface area (Å²) in [6.07, 6.45) is 1.03. The van der Waals surface area contributed by atoms with Crippen LogP contribution in [0.25, 0.3) is 0 Å². The van der Waals surface area contributed by atoms with Crippen molar-refractivity contribution >= 4 is 33.2 Å². The molecule has 0 unspecified atom stereocenters. The number of carbonyl (C=O) groups excluding carboxylic acids is 2. The highest BCUT2D eigenvalue weighted by atomic mass is 32.2. The van der Waals surface area contributed by atoms with Crippen LogP contribution in [0.4, 0.5) is 11.4 Å². The van der Waals surface area contributed by atoms with E-state index >= 15 is 0 Å². The standard InChI is InChI=1S/C25H27N3O5S/c1-27(2)25(30)20-9-13-22(14-10-20)28(34(3,31)32)17-24(29)26-21-11-15-23(16-12-21)33-18-19-7-5-4-6-8-19/h4-16H,17-18H2,1-3H3,(H,26,29). The highest BCUT2D eigenvalue weighted by molar-refractivity contribution is 7.92. The molecule has 8 nitrogen and oxygen atoms in total. The Balaban J connectivity index is 1.63. The van der Waals surface area contributed by atoms with E-state index in [0.29, 0.717) is 23.6 Å². The van der Waals surface area contributed by atoms with Crippen molar-refractivity contribution in [1.29, 1.82) is 0 Å². The number of hydrogen-bond donors (Lipinski definition) is 1. The van der Waals surface area contributed by atoms with Crippen LogP contribution in [0.2, 0.25) is 0 Å². The first-order valence-corrected chi connectivity index (χ1v) is 12.3. The van der Waals surface area contributed by atoms with Gasteiger partial charge in [0, 0.05) is 25.3 Å². The molecular formula is C25H27N3O5S. The third kappa shape index (κ3) is 6.82. The van der Waals surface area contributed by atoms with Crippen molar-refractivity contribution < 1.29 is 22.7 Å². The molecule has 0 aliphatic carbocycles. The lowest BCUT2D eigenvalue weighted by Gasteiger charge is -2.22. The van der Waals surface area contributed by atoms with Gasteiger partial charge in [0.1, 0.15) is 18.9 Å². The average Bonchev–Trinajstić information content (AvgIpc) is 2.81. The van der Waals surface area contributed by atoms with Gasteiger partial charge in [-0.2, -0.15) is 0 Å². The zero-order valence-electron chi connectivity index (χ0n) is 19.3. The Morgan fingerprint density at radius 3 is 2.06 bits per heavy atom. The number of nitrogens with zero attached hydrogens (tertiary/aromatic N) is 2. The second-order valence-corrected chi connectivity index (χ2v) is 9.77. The molecule has 0 saturated heterocycles. The van der Waals surface area contributed by atoms with Gasteiger partial charge in [0.25, 0.3) is 5.91 Å². The summed E-state index contributed by atoms with van der Waals surface area (Å²) in [7, 11) is -0.477. The summed E-state index contributed by atoms with van der Waals surface area (Å²) >= 11 is 0. The van der Waals surface area contributed by atoms with E-state index in [-0.39, 0.29) is 11.6 Å². The normalized spacial score (nSPS) is 10.9. The van der Waals surface area contributed by atoms with E-state index in [2.05, 4.69) is 5.32 Å². The Labute approximate surface area is 199 Å².